The third-order valence-corrected chi connectivity index (χ3v) is 3.42. The number of nitrogens with two attached hydrogens (primary N) is 1. The van der Waals surface area contributed by atoms with E-state index in [2.05, 4.69) is 0 Å². The molecule has 0 unspecified atom stereocenters. The molecule has 6 nitrogen and oxygen atoms in total. The van der Waals surface area contributed by atoms with Gasteiger partial charge in [0.25, 0.3) is 0 Å². The van der Waals surface area contributed by atoms with Gasteiger partial charge in [-0.3, -0.25) is 10.1 Å². The minimum atomic E-state index is -0.592. The first-order valence-corrected chi connectivity index (χ1v) is 6.15. The first kappa shape index (κ1) is 13.3. The fraction of sp³-hybridized carbons (Fsp3) is 0.462. The van der Waals surface area contributed by atoms with Crippen LogP contribution in [0.1, 0.15) is 31.2 Å². The number of nitrogens with zero attached hydrogens (tertiary/aromatic N) is 2. The third-order valence-electron chi connectivity index (χ3n) is 3.42. The lowest BCUT2D eigenvalue weighted by atomic mass is 10.0. The molecular formula is C13H15N3O3. The highest BCUT2D eigenvalue weighted by molar-refractivity contribution is 5.57. The first-order valence-electron chi connectivity index (χ1n) is 6.15. The number of rotatable bonds is 4. The van der Waals surface area contributed by atoms with Crippen LogP contribution in [0.4, 0.5) is 5.69 Å². The van der Waals surface area contributed by atoms with Crippen LogP contribution in [0.25, 0.3) is 0 Å². The number of nitriles is 1. The molecule has 2 rings (SSSR count). The van der Waals surface area contributed by atoms with Crippen molar-refractivity contribution < 1.29 is 9.66 Å². The maximum absolute atomic E-state index is 11.0. The number of ether oxygens (including phenoxy) is 1. The molecule has 0 radical (unpaired) electrons. The van der Waals surface area contributed by atoms with E-state index in [0.717, 1.165) is 25.7 Å². The molecule has 1 aromatic carbocycles. The van der Waals surface area contributed by atoms with E-state index < -0.39 is 10.5 Å². The zero-order valence-electron chi connectivity index (χ0n) is 10.5. The number of hydrogen-bond donors (Lipinski definition) is 1. The van der Waals surface area contributed by atoms with Gasteiger partial charge in [-0.05, 0) is 25.0 Å². The summed E-state index contributed by atoms with van der Waals surface area (Å²) in [5.41, 5.74) is 5.45. The molecule has 0 atom stereocenters. The van der Waals surface area contributed by atoms with Crippen LogP contribution in [0.2, 0.25) is 0 Å². The molecule has 0 bridgehead atoms. The largest absolute Gasteiger partial charge is 0.485 e. The Hall–Kier alpha value is -2.13. The van der Waals surface area contributed by atoms with Crippen molar-refractivity contribution in [3.05, 3.63) is 33.9 Å². The van der Waals surface area contributed by atoms with Gasteiger partial charge in [0.05, 0.1) is 10.5 Å². The molecule has 0 amide bonds. The molecule has 0 saturated heterocycles. The van der Waals surface area contributed by atoms with E-state index in [1.165, 1.54) is 12.1 Å². The molecule has 0 aromatic heterocycles. The summed E-state index contributed by atoms with van der Waals surface area (Å²) in [5.74, 6) is 0.112. The van der Waals surface area contributed by atoms with Gasteiger partial charge in [-0.15, -0.1) is 0 Å². The van der Waals surface area contributed by atoms with Crippen LogP contribution in [0.15, 0.2) is 18.2 Å². The lowest BCUT2D eigenvalue weighted by molar-refractivity contribution is -0.386. The summed E-state index contributed by atoms with van der Waals surface area (Å²) in [6.07, 6.45) is 3.83. The van der Waals surface area contributed by atoms with Crippen LogP contribution in [-0.2, 0) is 0 Å². The van der Waals surface area contributed by atoms with Crippen LogP contribution in [-0.4, -0.2) is 17.1 Å². The second kappa shape index (κ2) is 5.24. The molecule has 1 aliphatic rings. The predicted octanol–water partition coefficient (Wildman–Crippen LogP) is 2.12. The normalized spacial score (nSPS) is 16.8. The zero-order chi connectivity index (χ0) is 13.9. The summed E-state index contributed by atoms with van der Waals surface area (Å²) in [7, 11) is 0. The average Bonchev–Trinajstić information content (AvgIpc) is 2.83. The van der Waals surface area contributed by atoms with Gasteiger partial charge >= 0.3 is 5.69 Å². The third kappa shape index (κ3) is 2.83. The smallest absolute Gasteiger partial charge is 0.328 e. The van der Waals surface area contributed by atoms with Crippen molar-refractivity contribution in [2.75, 3.05) is 6.61 Å². The van der Waals surface area contributed by atoms with Crippen LogP contribution < -0.4 is 10.5 Å². The highest BCUT2D eigenvalue weighted by atomic mass is 16.6. The monoisotopic (exact) mass is 261 g/mol. The Kier molecular flexibility index (Phi) is 3.67. The molecule has 1 fully saturated rings. The Morgan fingerprint density at radius 2 is 2.16 bits per heavy atom. The summed E-state index contributed by atoms with van der Waals surface area (Å²) < 4.78 is 5.51. The molecule has 1 aromatic rings. The minimum Gasteiger partial charge on any atom is -0.485 e. The van der Waals surface area contributed by atoms with Gasteiger partial charge in [0.2, 0.25) is 0 Å². The van der Waals surface area contributed by atoms with Crippen LogP contribution in [0.3, 0.4) is 0 Å². The molecular weight excluding hydrogens is 246 g/mol. The molecule has 1 saturated carbocycles. The summed E-state index contributed by atoms with van der Waals surface area (Å²) in [5, 5.41) is 19.9. The molecule has 6 heteroatoms. The summed E-state index contributed by atoms with van der Waals surface area (Å²) in [6.45, 7) is 0.239. The second-order valence-electron chi connectivity index (χ2n) is 4.88. The van der Waals surface area contributed by atoms with Crippen molar-refractivity contribution in [3.63, 3.8) is 0 Å². The van der Waals surface area contributed by atoms with E-state index in [9.17, 15) is 10.1 Å². The van der Waals surface area contributed by atoms with E-state index >= 15 is 0 Å². The van der Waals surface area contributed by atoms with E-state index in [-0.39, 0.29) is 23.6 Å². The Morgan fingerprint density at radius 1 is 1.47 bits per heavy atom. The van der Waals surface area contributed by atoms with Crippen molar-refractivity contribution in [2.24, 2.45) is 5.73 Å². The topological polar surface area (TPSA) is 102 Å². The van der Waals surface area contributed by atoms with E-state index in [0.29, 0.717) is 0 Å². The van der Waals surface area contributed by atoms with Crippen molar-refractivity contribution in [2.45, 2.75) is 31.2 Å². The molecule has 0 spiro atoms. The van der Waals surface area contributed by atoms with Crippen LogP contribution in [0.5, 0.6) is 5.75 Å². The maximum Gasteiger partial charge on any atom is 0.328 e. The number of para-hydroxylation sites is 1. The average molecular weight is 261 g/mol. The van der Waals surface area contributed by atoms with Crippen molar-refractivity contribution >= 4 is 5.69 Å². The summed E-state index contributed by atoms with van der Waals surface area (Å²) >= 11 is 0. The zero-order valence-corrected chi connectivity index (χ0v) is 10.5. The van der Waals surface area contributed by atoms with Crippen molar-refractivity contribution in [1.82, 2.24) is 0 Å². The Balaban J connectivity index is 2.21. The highest BCUT2D eigenvalue weighted by Crippen LogP contribution is 2.33. The molecule has 0 aliphatic heterocycles. The standard InChI is InChI=1S/C13H15N3O3/c14-8-10-4-3-5-11(12(10)16(17)18)19-9-13(15)6-1-2-7-13/h3-5H,1-2,6-7,9,15H2. The number of hydrogen-bond acceptors (Lipinski definition) is 5. The van der Waals surface area contributed by atoms with Gasteiger partial charge in [0.1, 0.15) is 18.2 Å². The molecule has 19 heavy (non-hydrogen) atoms. The highest BCUT2D eigenvalue weighted by Gasteiger charge is 2.31. The molecule has 100 valence electrons. The fourth-order valence-electron chi connectivity index (χ4n) is 2.36. The van der Waals surface area contributed by atoms with E-state index in [1.807, 2.05) is 0 Å². The number of nitro groups is 1. The summed E-state index contributed by atoms with van der Waals surface area (Å²) in [4.78, 5) is 10.4. The van der Waals surface area contributed by atoms with Gasteiger partial charge in [-0.2, -0.15) is 5.26 Å². The first-order chi connectivity index (χ1) is 9.06. The Morgan fingerprint density at radius 3 is 2.74 bits per heavy atom. The van der Waals surface area contributed by atoms with Gasteiger partial charge in [0.15, 0.2) is 5.75 Å². The van der Waals surface area contributed by atoms with Crippen LogP contribution in [0, 0.1) is 21.4 Å². The second-order valence-corrected chi connectivity index (χ2v) is 4.88. The van der Waals surface area contributed by atoms with Gasteiger partial charge in [0, 0.05) is 0 Å². The lowest BCUT2D eigenvalue weighted by Gasteiger charge is -2.23. The molecule has 2 N–H and O–H groups in total. The minimum absolute atomic E-state index is 0.00000614. The van der Waals surface area contributed by atoms with E-state index in [4.69, 9.17) is 15.7 Å². The number of nitro benzene ring substituents is 1. The molecule has 0 heterocycles. The van der Waals surface area contributed by atoms with Crippen LogP contribution >= 0.6 is 0 Å². The Bertz CT molecular complexity index is 530. The maximum atomic E-state index is 11.0. The molecule has 1 aliphatic carbocycles. The van der Waals surface area contributed by atoms with Crippen molar-refractivity contribution in [1.29, 1.82) is 5.26 Å². The van der Waals surface area contributed by atoms with Crippen molar-refractivity contribution in [3.8, 4) is 11.8 Å². The quantitative estimate of drug-likeness (QED) is 0.660. The van der Waals surface area contributed by atoms with E-state index in [1.54, 1.807) is 12.1 Å². The van der Waals surface area contributed by atoms with Gasteiger partial charge < -0.3 is 10.5 Å². The van der Waals surface area contributed by atoms with Gasteiger partial charge in [-0.1, -0.05) is 18.9 Å². The predicted molar refractivity (Wildman–Crippen MR) is 68.7 cm³/mol. The number of benzene rings is 1. The van der Waals surface area contributed by atoms with Gasteiger partial charge in [-0.25, -0.2) is 0 Å². The summed E-state index contributed by atoms with van der Waals surface area (Å²) in [6, 6.07) is 6.27. The fourth-order valence-corrected chi connectivity index (χ4v) is 2.36. The lowest BCUT2D eigenvalue weighted by Crippen LogP contribution is -2.42. The SMILES string of the molecule is N#Cc1cccc(OCC2(N)CCCC2)c1[N+](=O)[O-]. The Labute approximate surface area is 110 Å².